The molecular formula is C26H32N2O8. The van der Waals surface area contributed by atoms with Crippen LogP contribution in [-0.2, 0) is 28.5 Å². The van der Waals surface area contributed by atoms with E-state index in [-0.39, 0.29) is 17.0 Å². The Bertz CT molecular complexity index is 1090. The lowest BCUT2D eigenvalue weighted by molar-refractivity contribution is -0.139. The van der Waals surface area contributed by atoms with E-state index in [1.807, 2.05) is 0 Å². The average molecular weight is 501 g/mol. The Balaban J connectivity index is 2.66. The maximum Gasteiger partial charge on any atom is 0.424 e. The molecule has 36 heavy (non-hydrogen) atoms. The zero-order valence-electron chi connectivity index (χ0n) is 21.8. The number of imide groups is 1. The molecule has 0 unspecified atom stereocenters. The number of amides is 2. The van der Waals surface area contributed by atoms with E-state index >= 15 is 0 Å². The molecule has 10 heteroatoms. The second-order valence-corrected chi connectivity index (χ2v) is 9.63. The van der Waals surface area contributed by atoms with Crippen molar-refractivity contribution in [1.29, 1.82) is 0 Å². The molecule has 1 aliphatic rings. The third-order valence-corrected chi connectivity index (χ3v) is 4.41. The Labute approximate surface area is 210 Å². The molecule has 1 aromatic rings. The lowest BCUT2D eigenvalue weighted by atomic mass is 10.1. The minimum Gasteiger partial charge on any atom is -0.465 e. The number of ether oxygens (including phenoxy) is 4. The summed E-state index contributed by atoms with van der Waals surface area (Å²) in [7, 11) is 2.38. The van der Waals surface area contributed by atoms with Gasteiger partial charge in [-0.2, -0.15) is 4.90 Å². The highest BCUT2D eigenvalue weighted by atomic mass is 16.6. The van der Waals surface area contributed by atoms with Gasteiger partial charge < -0.3 is 23.8 Å². The summed E-state index contributed by atoms with van der Waals surface area (Å²) in [6.45, 7) is 10.0. The third-order valence-electron chi connectivity index (χ3n) is 4.41. The van der Waals surface area contributed by atoms with Crippen LogP contribution in [0, 0.1) is 0 Å². The molecule has 10 nitrogen and oxygen atoms in total. The van der Waals surface area contributed by atoms with Crippen LogP contribution in [0.3, 0.4) is 0 Å². The Morgan fingerprint density at radius 1 is 0.806 bits per heavy atom. The van der Waals surface area contributed by atoms with Gasteiger partial charge in [0.05, 0.1) is 25.5 Å². The van der Waals surface area contributed by atoms with Crippen molar-refractivity contribution in [2.75, 3.05) is 24.0 Å². The van der Waals surface area contributed by atoms with Crippen molar-refractivity contribution in [1.82, 2.24) is 0 Å². The van der Waals surface area contributed by atoms with Crippen molar-refractivity contribution >= 4 is 35.5 Å². The quantitative estimate of drug-likeness (QED) is 0.423. The van der Waals surface area contributed by atoms with Crippen LogP contribution in [0.4, 0.5) is 21.0 Å². The number of nitrogens with zero attached hydrogens (tertiary/aromatic N) is 2. The topological polar surface area (TPSA) is 112 Å². The molecule has 1 aromatic carbocycles. The average Bonchev–Trinajstić information content (AvgIpc) is 2.99. The zero-order valence-corrected chi connectivity index (χ0v) is 21.8. The Hall–Kier alpha value is -4.08. The van der Waals surface area contributed by atoms with Gasteiger partial charge in [-0.15, -0.1) is 0 Å². The molecular weight excluding hydrogens is 468 g/mol. The van der Waals surface area contributed by atoms with Gasteiger partial charge in [0.25, 0.3) is 0 Å². The highest BCUT2D eigenvalue weighted by Crippen LogP contribution is 2.31. The number of hydrogen-bond acceptors (Lipinski definition) is 9. The summed E-state index contributed by atoms with van der Waals surface area (Å²) < 4.78 is 20.6. The van der Waals surface area contributed by atoms with E-state index in [1.54, 1.807) is 65.8 Å². The molecule has 2 rings (SSSR count). The number of hydrogen-bond donors (Lipinski definition) is 0. The summed E-state index contributed by atoms with van der Waals surface area (Å²) in [5.41, 5.74) is -1.48. The first-order valence-electron chi connectivity index (χ1n) is 11.1. The molecule has 0 N–H and O–H groups in total. The van der Waals surface area contributed by atoms with Crippen molar-refractivity contribution in [2.24, 2.45) is 0 Å². The predicted molar refractivity (Wildman–Crippen MR) is 133 cm³/mol. The van der Waals surface area contributed by atoms with Crippen LogP contribution in [0.25, 0.3) is 0 Å². The highest BCUT2D eigenvalue weighted by molar-refractivity contribution is 6.10. The Morgan fingerprint density at radius 3 is 1.86 bits per heavy atom. The number of carbonyl (C=O) groups is 4. The molecule has 0 radical (unpaired) electrons. The minimum absolute atomic E-state index is 0.0455. The zero-order chi connectivity index (χ0) is 27.3. The van der Waals surface area contributed by atoms with Gasteiger partial charge in [0.1, 0.15) is 16.9 Å². The van der Waals surface area contributed by atoms with Crippen molar-refractivity contribution in [3.63, 3.8) is 0 Å². The summed E-state index contributed by atoms with van der Waals surface area (Å²) in [5, 5.41) is 0. The van der Waals surface area contributed by atoms with E-state index in [2.05, 4.69) is 0 Å². The number of rotatable bonds is 4. The van der Waals surface area contributed by atoms with Crippen LogP contribution < -0.4 is 9.80 Å². The van der Waals surface area contributed by atoms with E-state index in [4.69, 9.17) is 18.9 Å². The summed E-state index contributed by atoms with van der Waals surface area (Å²) >= 11 is 0. The first kappa shape index (κ1) is 28.2. The second kappa shape index (κ2) is 11.1. The standard InChI is InChI=1S/C26H32N2O8/c1-25(2,3)35-23(31)28(24(32)36-26(4,5)6)18-13-11-12-17(16-18)27-15-10-9-14-19(21(29)33-7)20(27)22(30)34-8/h9-16H,1-8H3. The molecule has 0 aliphatic carbocycles. The highest BCUT2D eigenvalue weighted by Gasteiger charge is 2.34. The number of anilines is 2. The number of methoxy groups -OCH3 is 2. The van der Waals surface area contributed by atoms with Gasteiger partial charge in [0.15, 0.2) is 0 Å². The molecule has 1 heterocycles. The lowest BCUT2D eigenvalue weighted by Crippen LogP contribution is -2.43. The van der Waals surface area contributed by atoms with Crippen LogP contribution in [0.15, 0.2) is 60.0 Å². The molecule has 194 valence electrons. The first-order valence-corrected chi connectivity index (χ1v) is 11.1. The molecule has 2 amide bonds. The van der Waals surface area contributed by atoms with E-state index in [0.29, 0.717) is 5.69 Å². The van der Waals surface area contributed by atoms with E-state index in [1.165, 1.54) is 43.5 Å². The van der Waals surface area contributed by atoms with E-state index in [0.717, 1.165) is 4.90 Å². The maximum atomic E-state index is 13.0. The van der Waals surface area contributed by atoms with Crippen LogP contribution in [0.5, 0.6) is 0 Å². The number of esters is 2. The molecule has 0 saturated heterocycles. The fraction of sp³-hybridized carbons (Fsp3) is 0.385. The first-order chi connectivity index (χ1) is 16.7. The van der Waals surface area contributed by atoms with Crippen LogP contribution in [-0.4, -0.2) is 49.5 Å². The summed E-state index contributed by atoms with van der Waals surface area (Å²) in [6, 6.07) is 6.19. The number of allylic oxidation sites excluding steroid dienone is 2. The van der Waals surface area contributed by atoms with Gasteiger partial charge in [0, 0.05) is 11.9 Å². The summed E-state index contributed by atoms with van der Waals surface area (Å²) in [4.78, 5) is 53.4. The fourth-order valence-electron chi connectivity index (χ4n) is 3.05. The Morgan fingerprint density at radius 2 is 1.36 bits per heavy atom. The van der Waals surface area contributed by atoms with Gasteiger partial charge in [-0.05, 0) is 71.9 Å². The van der Waals surface area contributed by atoms with Gasteiger partial charge >= 0.3 is 24.1 Å². The molecule has 0 bridgehead atoms. The van der Waals surface area contributed by atoms with Crippen LogP contribution >= 0.6 is 0 Å². The SMILES string of the molecule is COC(=O)C1=C(C(=O)OC)N(c2cccc(N(C(=O)OC(C)(C)C)C(=O)OC(C)(C)C)c2)C=CC=C1. The van der Waals surface area contributed by atoms with E-state index in [9.17, 15) is 19.2 Å². The maximum absolute atomic E-state index is 13.0. The van der Waals surface area contributed by atoms with Gasteiger partial charge in [0.2, 0.25) is 0 Å². The molecule has 0 atom stereocenters. The normalized spacial score (nSPS) is 13.6. The molecule has 1 aliphatic heterocycles. The van der Waals surface area contributed by atoms with Gasteiger partial charge in [-0.1, -0.05) is 12.1 Å². The minimum atomic E-state index is -0.944. The fourth-order valence-corrected chi connectivity index (χ4v) is 3.05. The predicted octanol–water partition coefficient (Wildman–Crippen LogP) is 4.85. The third kappa shape index (κ3) is 7.21. The van der Waals surface area contributed by atoms with Crippen molar-refractivity contribution < 1.29 is 38.1 Å². The summed E-state index contributed by atoms with van der Waals surface area (Å²) in [5.74, 6) is -1.55. The summed E-state index contributed by atoms with van der Waals surface area (Å²) in [6.07, 6.45) is 4.23. The van der Waals surface area contributed by atoms with Crippen molar-refractivity contribution in [3.05, 3.63) is 60.0 Å². The van der Waals surface area contributed by atoms with Crippen LogP contribution in [0.1, 0.15) is 41.5 Å². The van der Waals surface area contributed by atoms with Crippen molar-refractivity contribution in [3.8, 4) is 0 Å². The number of carbonyl (C=O) groups excluding carboxylic acids is 4. The Kier molecular flexibility index (Phi) is 8.69. The monoisotopic (exact) mass is 500 g/mol. The van der Waals surface area contributed by atoms with Crippen molar-refractivity contribution in [2.45, 2.75) is 52.7 Å². The van der Waals surface area contributed by atoms with E-state index < -0.39 is 35.3 Å². The smallest absolute Gasteiger partial charge is 0.424 e. The molecule has 0 spiro atoms. The lowest BCUT2D eigenvalue weighted by Gasteiger charge is -2.29. The van der Waals surface area contributed by atoms with Gasteiger partial charge in [-0.25, -0.2) is 19.2 Å². The molecule has 0 fully saturated rings. The number of benzene rings is 1. The largest absolute Gasteiger partial charge is 0.465 e. The van der Waals surface area contributed by atoms with Gasteiger partial charge in [-0.3, -0.25) is 0 Å². The second-order valence-electron chi connectivity index (χ2n) is 9.63. The van der Waals surface area contributed by atoms with Crippen LogP contribution in [0.2, 0.25) is 0 Å². The molecule has 0 saturated carbocycles. The molecule has 0 aromatic heterocycles.